The lowest BCUT2D eigenvalue weighted by molar-refractivity contribution is -0.121. The molecule has 5 nitrogen and oxygen atoms in total. The van der Waals surface area contributed by atoms with E-state index in [-0.39, 0.29) is 11.2 Å². The van der Waals surface area contributed by atoms with Crippen molar-refractivity contribution >= 4 is 17.7 Å². The van der Waals surface area contributed by atoms with Gasteiger partial charge in [-0.05, 0) is 11.1 Å². The molecule has 1 amide bonds. The van der Waals surface area contributed by atoms with Gasteiger partial charge >= 0.3 is 0 Å². The van der Waals surface area contributed by atoms with E-state index in [1.165, 1.54) is 11.8 Å². The molecule has 0 aliphatic rings. The Morgan fingerprint density at radius 2 is 1.53 bits per heavy atom. The monoisotopic (exact) mass is 414 g/mol. The van der Waals surface area contributed by atoms with Crippen LogP contribution in [0.4, 0.5) is 0 Å². The second-order valence-electron chi connectivity index (χ2n) is 6.82. The van der Waals surface area contributed by atoms with Crippen molar-refractivity contribution in [3.05, 3.63) is 102 Å². The van der Waals surface area contributed by atoms with Gasteiger partial charge in [-0.2, -0.15) is 0 Å². The van der Waals surface area contributed by atoms with E-state index in [4.69, 9.17) is 0 Å². The van der Waals surface area contributed by atoms with Crippen molar-refractivity contribution in [2.75, 3.05) is 0 Å². The maximum Gasteiger partial charge on any atom is 0.221 e. The lowest BCUT2D eigenvalue weighted by Gasteiger charge is -2.15. The van der Waals surface area contributed by atoms with Crippen molar-refractivity contribution in [1.82, 2.24) is 20.5 Å². The van der Waals surface area contributed by atoms with Crippen molar-refractivity contribution in [2.45, 2.75) is 23.4 Å². The SMILES string of the molecule is O=C(C[C@H](Sc1n[nH]c(-c2ccccc2)n1)c1ccccc1)NCc1ccccc1. The first-order chi connectivity index (χ1) is 14.8. The lowest BCUT2D eigenvalue weighted by atomic mass is 10.1. The Bertz CT molecular complexity index is 1070. The summed E-state index contributed by atoms with van der Waals surface area (Å²) in [5.74, 6) is 0.720. The summed E-state index contributed by atoms with van der Waals surface area (Å²) in [5, 5.41) is 10.9. The maximum atomic E-state index is 12.6. The first-order valence-electron chi connectivity index (χ1n) is 9.78. The quantitative estimate of drug-likeness (QED) is 0.398. The summed E-state index contributed by atoms with van der Waals surface area (Å²) in [7, 11) is 0. The van der Waals surface area contributed by atoms with Gasteiger partial charge in [-0.15, -0.1) is 5.10 Å². The Morgan fingerprint density at radius 3 is 2.23 bits per heavy atom. The molecule has 0 radical (unpaired) electrons. The van der Waals surface area contributed by atoms with Gasteiger partial charge in [0.1, 0.15) is 0 Å². The highest BCUT2D eigenvalue weighted by molar-refractivity contribution is 7.99. The number of H-pyrrole nitrogens is 1. The molecule has 1 atom stereocenters. The number of nitrogens with one attached hydrogen (secondary N) is 2. The topological polar surface area (TPSA) is 70.7 Å². The normalized spacial score (nSPS) is 11.7. The van der Waals surface area contributed by atoms with Crippen molar-refractivity contribution in [3.63, 3.8) is 0 Å². The summed E-state index contributed by atoms with van der Waals surface area (Å²) >= 11 is 1.49. The van der Waals surface area contributed by atoms with Crippen LogP contribution in [0.1, 0.15) is 22.8 Å². The van der Waals surface area contributed by atoms with E-state index in [2.05, 4.69) is 20.5 Å². The summed E-state index contributed by atoms with van der Waals surface area (Å²) in [5.41, 5.74) is 3.13. The standard InChI is InChI=1S/C24H22N4OS/c29-22(25-17-18-10-4-1-5-11-18)16-21(19-12-6-2-7-13-19)30-24-26-23(27-28-24)20-14-8-3-9-15-20/h1-15,21H,16-17H2,(H,25,29)(H,26,27,28)/t21-/m0/s1. The fraction of sp³-hybridized carbons (Fsp3) is 0.125. The van der Waals surface area contributed by atoms with Gasteiger partial charge in [0.2, 0.25) is 11.1 Å². The van der Waals surface area contributed by atoms with Crippen LogP contribution in [-0.4, -0.2) is 21.1 Å². The molecule has 4 rings (SSSR count). The molecule has 0 saturated heterocycles. The number of nitrogens with zero attached hydrogens (tertiary/aromatic N) is 2. The van der Waals surface area contributed by atoms with Gasteiger partial charge < -0.3 is 5.32 Å². The zero-order chi connectivity index (χ0) is 20.6. The zero-order valence-electron chi connectivity index (χ0n) is 16.4. The van der Waals surface area contributed by atoms with Crippen molar-refractivity contribution < 1.29 is 4.79 Å². The van der Waals surface area contributed by atoms with Crippen LogP contribution < -0.4 is 5.32 Å². The van der Waals surface area contributed by atoms with E-state index < -0.39 is 0 Å². The number of aromatic nitrogens is 3. The van der Waals surface area contributed by atoms with Crippen molar-refractivity contribution in [3.8, 4) is 11.4 Å². The molecule has 0 bridgehead atoms. The molecule has 150 valence electrons. The molecule has 1 heterocycles. The molecule has 4 aromatic rings. The molecular weight excluding hydrogens is 392 g/mol. The molecule has 0 aliphatic heterocycles. The third-order valence-corrected chi connectivity index (χ3v) is 5.75. The van der Waals surface area contributed by atoms with Crippen LogP contribution in [0.2, 0.25) is 0 Å². The van der Waals surface area contributed by atoms with Gasteiger partial charge in [0.05, 0.1) is 0 Å². The molecule has 0 unspecified atom stereocenters. The van der Waals surface area contributed by atoms with Gasteiger partial charge in [0.25, 0.3) is 0 Å². The Kier molecular flexibility index (Phi) is 6.57. The summed E-state index contributed by atoms with van der Waals surface area (Å²) in [4.78, 5) is 17.3. The Balaban J connectivity index is 1.45. The third kappa shape index (κ3) is 5.36. The molecule has 0 aliphatic carbocycles. The summed E-state index contributed by atoms with van der Waals surface area (Å²) in [6.07, 6.45) is 0.344. The Labute approximate surface area is 180 Å². The van der Waals surface area contributed by atoms with E-state index in [9.17, 15) is 4.79 Å². The molecule has 0 fully saturated rings. The second-order valence-corrected chi connectivity index (χ2v) is 7.99. The predicted molar refractivity (Wildman–Crippen MR) is 120 cm³/mol. The van der Waals surface area contributed by atoms with E-state index in [0.717, 1.165) is 22.5 Å². The molecular formula is C24H22N4OS. The van der Waals surface area contributed by atoms with Gasteiger partial charge in [-0.1, -0.05) is 103 Å². The number of rotatable bonds is 8. The molecule has 0 spiro atoms. The maximum absolute atomic E-state index is 12.6. The average molecular weight is 415 g/mol. The Morgan fingerprint density at radius 1 is 0.900 bits per heavy atom. The highest BCUT2D eigenvalue weighted by Gasteiger charge is 2.20. The third-order valence-electron chi connectivity index (χ3n) is 4.63. The highest BCUT2D eigenvalue weighted by atomic mass is 32.2. The average Bonchev–Trinajstić information content (AvgIpc) is 3.28. The number of carbonyl (C=O) groups excluding carboxylic acids is 1. The fourth-order valence-electron chi connectivity index (χ4n) is 3.08. The zero-order valence-corrected chi connectivity index (χ0v) is 17.2. The lowest BCUT2D eigenvalue weighted by Crippen LogP contribution is -2.24. The van der Waals surface area contributed by atoms with Crippen LogP contribution in [0.5, 0.6) is 0 Å². The van der Waals surface area contributed by atoms with Crippen LogP contribution in [0.15, 0.2) is 96.2 Å². The first-order valence-corrected chi connectivity index (χ1v) is 10.7. The van der Waals surface area contributed by atoms with Gasteiger partial charge in [-0.25, -0.2) is 4.98 Å². The molecule has 1 aromatic heterocycles. The summed E-state index contributed by atoms with van der Waals surface area (Å²) in [6, 6.07) is 29.8. The minimum Gasteiger partial charge on any atom is -0.352 e. The van der Waals surface area contributed by atoms with E-state index >= 15 is 0 Å². The smallest absolute Gasteiger partial charge is 0.221 e. The number of carbonyl (C=O) groups is 1. The molecule has 3 aromatic carbocycles. The molecule has 6 heteroatoms. The minimum atomic E-state index is -0.0820. The van der Waals surface area contributed by atoms with Crippen LogP contribution in [0, 0.1) is 0 Å². The van der Waals surface area contributed by atoms with E-state index in [1.54, 1.807) is 0 Å². The number of hydrogen-bond donors (Lipinski definition) is 2. The number of amides is 1. The molecule has 0 saturated carbocycles. The van der Waals surface area contributed by atoms with Crippen LogP contribution in [0.25, 0.3) is 11.4 Å². The number of thioether (sulfide) groups is 1. The van der Waals surface area contributed by atoms with Crippen LogP contribution in [-0.2, 0) is 11.3 Å². The van der Waals surface area contributed by atoms with E-state index in [0.29, 0.717) is 18.1 Å². The van der Waals surface area contributed by atoms with Crippen molar-refractivity contribution in [1.29, 1.82) is 0 Å². The van der Waals surface area contributed by atoms with E-state index in [1.807, 2.05) is 91.0 Å². The predicted octanol–water partition coefficient (Wildman–Crippen LogP) is 5.01. The Hall–Kier alpha value is -3.38. The van der Waals surface area contributed by atoms with Crippen molar-refractivity contribution in [2.24, 2.45) is 0 Å². The summed E-state index contributed by atoms with van der Waals surface area (Å²) in [6.45, 7) is 0.519. The molecule has 30 heavy (non-hydrogen) atoms. The van der Waals surface area contributed by atoms with Crippen LogP contribution >= 0.6 is 11.8 Å². The second kappa shape index (κ2) is 9.89. The minimum absolute atomic E-state index is 0.000903. The van der Waals surface area contributed by atoms with Crippen LogP contribution in [0.3, 0.4) is 0 Å². The fourth-order valence-corrected chi connectivity index (χ4v) is 4.11. The number of benzene rings is 3. The van der Waals surface area contributed by atoms with Gasteiger partial charge in [0.15, 0.2) is 5.82 Å². The molecule has 2 N–H and O–H groups in total. The number of aromatic amines is 1. The van der Waals surface area contributed by atoms with Gasteiger partial charge in [0, 0.05) is 23.8 Å². The largest absolute Gasteiger partial charge is 0.352 e. The highest BCUT2D eigenvalue weighted by Crippen LogP contribution is 2.36. The number of hydrogen-bond acceptors (Lipinski definition) is 4. The summed E-state index contributed by atoms with van der Waals surface area (Å²) < 4.78 is 0. The first kappa shape index (κ1) is 19.9. The van der Waals surface area contributed by atoms with Gasteiger partial charge in [-0.3, -0.25) is 9.89 Å².